The molecule has 11 heavy (non-hydrogen) atoms. The van der Waals surface area contributed by atoms with Crippen LogP contribution in [0.2, 0.25) is 0 Å². The molecule has 0 aromatic heterocycles. The van der Waals surface area contributed by atoms with Gasteiger partial charge in [0.2, 0.25) is 0 Å². The summed E-state index contributed by atoms with van der Waals surface area (Å²) in [6, 6.07) is 0. The van der Waals surface area contributed by atoms with Gasteiger partial charge in [-0.2, -0.15) is 0 Å². The largest absolute Gasteiger partial charge is 0.465 e. The molecule has 66 valence electrons. The second-order valence-corrected chi connectivity index (χ2v) is 2.60. The van der Waals surface area contributed by atoms with E-state index in [1.807, 2.05) is 6.92 Å². The second-order valence-electron chi connectivity index (χ2n) is 2.60. The third kappa shape index (κ3) is 5.85. The molecule has 3 heteroatoms. The maximum absolute atomic E-state index is 10.7. The van der Waals surface area contributed by atoms with Crippen molar-refractivity contribution in [3.63, 3.8) is 0 Å². The molecule has 0 radical (unpaired) electrons. The van der Waals surface area contributed by atoms with Crippen molar-refractivity contribution in [2.75, 3.05) is 20.3 Å². The standard InChI is InChI=1S/C8H16O3/c1-4-8(9)11-6-7(2)5-10-3/h7H,4-6H2,1-3H3. The lowest BCUT2D eigenvalue weighted by Crippen LogP contribution is -2.14. The van der Waals surface area contributed by atoms with E-state index in [4.69, 9.17) is 9.47 Å². The monoisotopic (exact) mass is 160 g/mol. The topological polar surface area (TPSA) is 35.5 Å². The van der Waals surface area contributed by atoms with E-state index < -0.39 is 0 Å². The van der Waals surface area contributed by atoms with E-state index in [1.54, 1.807) is 14.0 Å². The molecule has 1 unspecified atom stereocenters. The first kappa shape index (κ1) is 10.4. The first-order valence-electron chi connectivity index (χ1n) is 3.85. The number of esters is 1. The highest BCUT2D eigenvalue weighted by molar-refractivity contribution is 5.68. The highest BCUT2D eigenvalue weighted by Gasteiger charge is 2.04. The zero-order valence-electron chi connectivity index (χ0n) is 7.42. The van der Waals surface area contributed by atoms with E-state index in [0.717, 1.165) is 0 Å². The summed E-state index contributed by atoms with van der Waals surface area (Å²) in [5.74, 6) is 0.142. The third-order valence-electron chi connectivity index (χ3n) is 1.27. The van der Waals surface area contributed by atoms with E-state index in [-0.39, 0.29) is 11.9 Å². The molecular formula is C8H16O3. The van der Waals surface area contributed by atoms with Crippen molar-refractivity contribution < 1.29 is 14.3 Å². The number of carbonyl (C=O) groups excluding carboxylic acids is 1. The van der Waals surface area contributed by atoms with Crippen LogP contribution in [0.15, 0.2) is 0 Å². The van der Waals surface area contributed by atoms with Gasteiger partial charge in [-0.15, -0.1) is 0 Å². The van der Waals surface area contributed by atoms with Gasteiger partial charge in [0.15, 0.2) is 0 Å². The lowest BCUT2D eigenvalue weighted by atomic mass is 10.2. The Balaban J connectivity index is 3.29. The van der Waals surface area contributed by atoms with Crippen LogP contribution in [0.25, 0.3) is 0 Å². The maximum atomic E-state index is 10.7. The smallest absolute Gasteiger partial charge is 0.305 e. The molecule has 0 fully saturated rings. The molecule has 0 bridgehead atoms. The summed E-state index contributed by atoms with van der Waals surface area (Å²) in [5.41, 5.74) is 0. The Kier molecular flexibility index (Phi) is 5.84. The van der Waals surface area contributed by atoms with Crippen LogP contribution < -0.4 is 0 Å². The van der Waals surface area contributed by atoms with Crippen molar-refractivity contribution in [2.45, 2.75) is 20.3 Å². The summed E-state index contributed by atoms with van der Waals surface area (Å²) in [7, 11) is 1.64. The molecule has 3 nitrogen and oxygen atoms in total. The van der Waals surface area contributed by atoms with Gasteiger partial charge in [-0.05, 0) is 0 Å². The van der Waals surface area contributed by atoms with E-state index >= 15 is 0 Å². The fraction of sp³-hybridized carbons (Fsp3) is 0.875. The number of rotatable bonds is 5. The predicted octanol–water partition coefficient (Wildman–Crippen LogP) is 1.22. The van der Waals surface area contributed by atoms with Crippen LogP contribution in [-0.2, 0) is 14.3 Å². The number of methoxy groups -OCH3 is 1. The minimum atomic E-state index is -0.145. The Morgan fingerprint density at radius 3 is 2.55 bits per heavy atom. The molecule has 0 aromatic carbocycles. The molecule has 1 atom stereocenters. The minimum absolute atomic E-state index is 0.145. The van der Waals surface area contributed by atoms with Crippen molar-refractivity contribution in [1.29, 1.82) is 0 Å². The summed E-state index contributed by atoms with van der Waals surface area (Å²) in [6.07, 6.45) is 0.444. The van der Waals surface area contributed by atoms with Crippen LogP contribution in [0.4, 0.5) is 0 Å². The van der Waals surface area contributed by atoms with Gasteiger partial charge in [0.1, 0.15) is 0 Å². The van der Waals surface area contributed by atoms with Crippen molar-refractivity contribution >= 4 is 5.97 Å². The van der Waals surface area contributed by atoms with Crippen molar-refractivity contribution in [2.24, 2.45) is 5.92 Å². The number of carbonyl (C=O) groups is 1. The first-order chi connectivity index (χ1) is 5.20. The Morgan fingerprint density at radius 1 is 1.45 bits per heavy atom. The van der Waals surface area contributed by atoms with Crippen LogP contribution in [0.1, 0.15) is 20.3 Å². The van der Waals surface area contributed by atoms with Gasteiger partial charge in [-0.3, -0.25) is 4.79 Å². The summed E-state index contributed by atoms with van der Waals surface area (Å²) in [5, 5.41) is 0. The minimum Gasteiger partial charge on any atom is -0.465 e. The molecule has 0 saturated heterocycles. The fourth-order valence-corrected chi connectivity index (χ4v) is 0.670. The van der Waals surface area contributed by atoms with Crippen LogP contribution in [0.5, 0.6) is 0 Å². The van der Waals surface area contributed by atoms with E-state index in [1.165, 1.54) is 0 Å². The quantitative estimate of drug-likeness (QED) is 0.567. The molecule has 0 spiro atoms. The molecule has 0 rings (SSSR count). The van der Waals surface area contributed by atoms with Crippen LogP contribution in [0.3, 0.4) is 0 Å². The van der Waals surface area contributed by atoms with E-state index in [2.05, 4.69) is 0 Å². The molecule has 0 aromatic rings. The molecule has 0 heterocycles. The molecule has 0 amide bonds. The summed E-state index contributed by atoms with van der Waals surface area (Å²) in [6.45, 7) is 4.85. The zero-order valence-corrected chi connectivity index (χ0v) is 7.42. The zero-order chi connectivity index (χ0) is 8.69. The SMILES string of the molecule is CCC(=O)OCC(C)COC. The lowest BCUT2D eigenvalue weighted by molar-refractivity contribution is -0.144. The Labute approximate surface area is 67.7 Å². The predicted molar refractivity (Wildman–Crippen MR) is 42.3 cm³/mol. The summed E-state index contributed by atoms with van der Waals surface area (Å²) in [4.78, 5) is 10.7. The average molecular weight is 160 g/mol. The van der Waals surface area contributed by atoms with E-state index in [0.29, 0.717) is 19.6 Å². The molecule has 0 saturated carbocycles. The van der Waals surface area contributed by atoms with Gasteiger partial charge in [-0.1, -0.05) is 13.8 Å². The Morgan fingerprint density at radius 2 is 2.09 bits per heavy atom. The second kappa shape index (κ2) is 6.16. The van der Waals surface area contributed by atoms with Crippen LogP contribution >= 0.6 is 0 Å². The van der Waals surface area contributed by atoms with Gasteiger partial charge >= 0.3 is 5.97 Å². The van der Waals surface area contributed by atoms with Crippen LogP contribution in [0, 0.1) is 5.92 Å². The van der Waals surface area contributed by atoms with Crippen molar-refractivity contribution in [1.82, 2.24) is 0 Å². The summed E-state index contributed by atoms with van der Waals surface area (Å²) >= 11 is 0. The molecule has 0 N–H and O–H groups in total. The van der Waals surface area contributed by atoms with Gasteiger partial charge in [0, 0.05) is 19.4 Å². The van der Waals surface area contributed by atoms with Crippen molar-refractivity contribution in [3.8, 4) is 0 Å². The van der Waals surface area contributed by atoms with Gasteiger partial charge in [0.25, 0.3) is 0 Å². The Bertz CT molecular complexity index is 112. The fourth-order valence-electron chi connectivity index (χ4n) is 0.670. The molecule has 0 aliphatic rings. The normalized spacial score (nSPS) is 12.6. The maximum Gasteiger partial charge on any atom is 0.305 e. The molecule has 0 aliphatic carbocycles. The summed E-state index contributed by atoms with van der Waals surface area (Å²) < 4.78 is 9.76. The van der Waals surface area contributed by atoms with Gasteiger partial charge in [0.05, 0.1) is 13.2 Å². The van der Waals surface area contributed by atoms with Crippen molar-refractivity contribution in [3.05, 3.63) is 0 Å². The highest BCUT2D eigenvalue weighted by atomic mass is 16.5. The van der Waals surface area contributed by atoms with E-state index in [9.17, 15) is 4.79 Å². The van der Waals surface area contributed by atoms with Gasteiger partial charge in [-0.25, -0.2) is 0 Å². The number of ether oxygens (including phenoxy) is 2. The third-order valence-corrected chi connectivity index (χ3v) is 1.27. The van der Waals surface area contributed by atoms with Crippen LogP contribution in [-0.4, -0.2) is 26.3 Å². The Hall–Kier alpha value is -0.570. The molecular weight excluding hydrogens is 144 g/mol. The highest BCUT2D eigenvalue weighted by Crippen LogP contribution is 1.97. The van der Waals surface area contributed by atoms with Gasteiger partial charge < -0.3 is 9.47 Å². The molecule has 0 aliphatic heterocycles. The number of hydrogen-bond donors (Lipinski definition) is 0. The lowest BCUT2D eigenvalue weighted by Gasteiger charge is -2.09. The average Bonchev–Trinajstić information content (AvgIpc) is 2.01. The first-order valence-corrected chi connectivity index (χ1v) is 3.85. The number of hydrogen-bond acceptors (Lipinski definition) is 3.